The Bertz CT molecular complexity index is 514. The Labute approximate surface area is 103 Å². The van der Waals surface area contributed by atoms with Crippen molar-refractivity contribution in [1.29, 1.82) is 5.26 Å². The fourth-order valence-corrected chi connectivity index (χ4v) is 3.12. The molecule has 0 unspecified atom stereocenters. The molecule has 1 atom stereocenters. The summed E-state index contributed by atoms with van der Waals surface area (Å²) in [5.74, 6) is 0.0790. The molecule has 92 valence electrons. The van der Waals surface area contributed by atoms with Gasteiger partial charge in [-0.05, 0) is 25.8 Å². The Morgan fingerprint density at radius 1 is 1.41 bits per heavy atom. The lowest BCUT2D eigenvalue weighted by atomic mass is 10.1. The second-order valence-electron chi connectivity index (χ2n) is 4.19. The van der Waals surface area contributed by atoms with Crippen molar-refractivity contribution in [3.8, 4) is 6.07 Å². The molecule has 0 N–H and O–H groups in total. The SMILES string of the molecule is Cc1cccc([C@H](C)S(=O)(=O)CCCC#N)c1. The Kier molecular flexibility index (Phi) is 4.71. The molecule has 17 heavy (non-hydrogen) atoms. The van der Waals surface area contributed by atoms with Crippen molar-refractivity contribution >= 4 is 9.84 Å². The molecular formula is C13H17NO2S. The van der Waals surface area contributed by atoms with Crippen LogP contribution in [0.4, 0.5) is 0 Å². The molecule has 0 fully saturated rings. The summed E-state index contributed by atoms with van der Waals surface area (Å²) in [6.45, 7) is 3.65. The zero-order chi connectivity index (χ0) is 12.9. The van der Waals surface area contributed by atoms with Crippen molar-refractivity contribution in [1.82, 2.24) is 0 Å². The highest BCUT2D eigenvalue weighted by Crippen LogP contribution is 2.23. The van der Waals surface area contributed by atoms with E-state index in [0.29, 0.717) is 12.8 Å². The Morgan fingerprint density at radius 3 is 2.71 bits per heavy atom. The van der Waals surface area contributed by atoms with E-state index < -0.39 is 15.1 Å². The van der Waals surface area contributed by atoms with E-state index in [1.807, 2.05) is 37.3 Å². The Balaban J connectivity index is 2.82. The molecule has 0 bridgehead atoms. The number of hydrogen-bond donors (Lipinski definition) is 0. The minimum atomic E-state index is -3.15. The van der Waals surface area contributed by atoms with E-state index in [2.05, 4.69) is 0 Å². The van der Waals surface area contributed by atoms with Gasteiger partial charge in [0.15, 0.2) is 9.84 Å². The van der Waals surface area contributed by atoms with Crippen molar-refractivity contribution in [2.45, 2.75) is 31.9 Å². The molecule has 0 heterocycles. The van der Waals surface area contributed by atoms with Crippen molar-refractivity contribution in [2.75, 3.05) is 5.75 Å². The van der Waals surface area contributed by atoms with Gasteiger partial charge in [0.25, 0.3) is 0 Å². The number of hydrogen-bond acceptors (Lipinski definition) is 3. The van der Waals surface area contributed by atoms with Crippen LogP contribution in [0, 0.1) is 18.3 Å². The number of nitriles is 1. The number of benzene rings is 1. The van der Waals surface area contributed by atoms with Crippen molar-refractivity contribution < 1.29 is 8.42 Å². The average Bonchev–Trinajstić information content (AvgIpc) is 2.28. The topological polar surface area (TPSA) is 57.9 Å². The lowest BCUT2D eigenvalue weighted by molar-refractivity contribution is 0.584. The summed E-state index contributed by atoms with van der Waals surface area (Å²) in [4.78, 5) is 0. The van der Waals surface area contributed by atoms with Gasteiger partial charge in [0.2, 0.25) is 0 Å². The molecule has 0 aromatic heterocycles. The number of sulfone groups is 1. The highest BCUT2D eigenvalue weighted by Gasteiger charge is 2.21. The van der Waals surface area contributed by atoms with Gasteiger partial charge in [-0.25, -0.2) is 8.42 Å². The van der Waals surface area contributed by atoms with Crippen molar-refractivity contribution in [3.05, 3.63) is 35.4 Å². The van der Waals surface area contributed by atoms with Crippen LogP contribution in [0.25, 0.3) is 0 Å². The number of nitrogens with zero attached hydrogens (tertiary/aromatic N) is 1. The van der Waals surface area contributed by atoms with Gasteiger partial charge in [0.1, 0.15) is 0 Å². The average molecular weight is 251 g/mol. The molecule has 0 aliphatic heterocycles. The summed E-state index contributed by atoms with van der Waals surface area (Å²) in [7, 11) is -3.15. The zero-order valence-corrected chi connectivity index (χ0v) is 11.0. The Hall–Kier alpha value is -1.34. The molecule has 0 saturated carbocycles. The van der Waals surface area contributed by atoms with Gasteiger partial charge in [-0.3, -0.25) is 0 Å². The molecule has 0 amide bonds. The van der Waals surface area contributed by atoms with Crippen molar-refractivity contribution in [2.24, 2.45) is 0 Å². The second kappa shape index (κ2) is 5.83. The molecule has 0 saturated heterocycles. The lowest BCUT2D eigenvalue weighted by Gasteiger charge is -2.13. The maximum absolute atomic E-state index is 12.0. The largest absolute Gasteiger partial charge is 0.228 e. The normalized spacial score (nSPS) is 13.0. The van der Waals surface area contributed by atoms with E-state index in [1.165, 1.54) is 0 Å². The first kappa shape index (κ1) is 13.7. The third kappa shape index (κ3) is 3.86. The predicted octanol–water partition coefficient (Wildman–Crippen LogP) is 2.77. The monoisotopic (exact) mass is 251 g/mol. The van der Waals surface area contributed by atoms with E-state index in [1.54, 1.807) is 6.92 Å². The van der Waals surface area contributed by atoms with E-state index in [9.17, 15) is 8.42 Å². The van der Waals surface area contributed by atoms with Crippen LogP contribution in [0.1, 0.15) is 36.1 Å². The fraction of sp³-hybridized carbons (Fsp3) is 0.462. The van der Waals surface area contributed by atoms with Crippen LogP contribution in [0.15, 0.2) is 24.3 Å². The van der Waals surface area contributed by atoms with Gasteiger partial charge in [0.05, 0.1) is 17.1 Å². The van der Waals surface area contributed by atoms with Crippen LogP contribution < -0.4 is 0 Å². The van der Waals surface area contributed by atoms with E-state index in [-0.39, 0.29) is 5.75 Å². The van der Waals surface area contributed by atoms with Crippen LogP contribution in [-0.4, -0.2) is 14.2 Å². The molecule has 1 aromatic rings. The third-order valence-electron chi connectivity index (χ3n) is 2.77. The van der Waals surface area contributed by atoms with Gasteiger partial charge >= 0.3 is 0 Å². The summed E-state index contributed by atoms with van der Waals surface area (Å²) in [6, 6.07) is 9.50. The van der Waals surface area contributed by atoms with E-state index in [0.717, 1.165) is 11.1 Å². The van der Waals surface area contributed by atoms with Crippen LogP contribution in [0.5, 0.6) is 0 Å². The lowest BCUT2D eigenvalue weighted by Crippen LogP contribution is -2.14. The quantitative estimate of drug-likeness (QED) is 0.756. The summed E-state index contributed by atoms with van der Waals surface area (Å²) >= 11 is 0. The molecule has 4 heteroatoms. The summed E-state index contributed by atoms with van der Waals surface area (Å²) in [5.41, 5.74) is 1.88. The Morgan fingerprint density at radius 2 is 2.12 bits per heavy atom. The highest BCUT2D eigenvalue weighted by molar-refractivity contribution is 7.91. The molecule has 0 radical (unpaired) electrons. The zero-order valence-electron chi connectivity index (χ0n) is 10.2. The predicted molar refractivity (Wildman–Crippen MR) is 68.2 cm³/mol. The molecular weight excluding hydrogens is 234 g/mol. The van der Waals surface area contributed by atoms with E-state index in [4.69, 9.17) is 5.26 Å². The van der Waals surface area contributed by atoms with Crippen LogP contribution >= 0.6 is 0 Å². The first-order valence-corrected chi connectivity index (χ1v) is 7.34. The molecule has 3 nitrogen and oxygen atoms in total. The van der Waals surface area contributed by atoms with Crippen LogP contribution in [-0.2, 0) is 9.84 Å². The van der Waals surface area contributed by atoms with Gasteiger partial charge in [-0.15, -0.1) is 0 Å². The van der Waals surface area contributed by atoms with Gasteiger partial charge in [-0.1, -0.05) is 29.8 Å². The van der Waals surface area contributed by atoms with Crippen molar-refractivity contribution in [3.63, 3.8) is 0 Å². The number of aryl methyl sites for hydroxylation is 1. The van der Waals surface area contributed by atoms with Gasteiger partial charge in [0, 0.05) is 6.42 Å². The molecule has 0 spiro atoms. The summed E-state index contributed by atoms with van der Waals surface area (Å²) in [6.07, 6.45) is 0.703. The number of rotatable bonds is 5. The van der Waals surface area contributed by atoms with Crippen LogP contribution in [0.3, 0.4) is 0 Å². The summed E-state index contributed by atoms with van der Waals surface area (Å²) < 4.78 is 24.0. The van der Waals surface area contributed by atoms with Gasteiger partial charge in [-0.2, -0.15) is 5.26 Å². The van der Waals surface area contributed by atoms with Crippen LogP contribution in [0.2, 0.25) is 0 Å². The minimum Gasteiger partial charge on any atom is -0.228 e. The first-order valence-electron chi connectivity index (χ1n) is 5.62. The first-order chi connectivity index (χ1) is 7.97. The second-order valence-corrected chi connectivity index (χ2v) is 6.63. The van der Waals surface area contributed by atoms with Gasteiger partial charge < -0.3 is 0 Å². The van der Waals surface area contributed by atoms with E-state index >= 15 is 0 Å². The highest BCUT2D eigenvalue weighted by atomic mass is 32.2. The molecule has 1 rings (SSSR count). The fourth-order valence-electron chi connectivity index (χ4n) is 1.66. The molecule has 0 aliphatic rings. The number of unbranched alkanes of at least 4 members (excludes halogenated alkanes) is 1. The smallest absolute Gasteiger partial charge is 0.157 e. The minimum absolute atomic E-state index is 0.0790. The molecule has 0 aliphatic carbocycles. The summed E-state index contributed by atoms with van der Waals surface area (Å²) in [5, 5.41) is 7.91. The third-order valence-corrected chi connectivity index (χ3v) is 4.97. The standard InChI is InChI=1S/C13H17NO2S/c1-11-6-5-7-13(10-11)12(2)17(15,16)9-4-3-8-14/h5-7,10,12H,3-4,9H2,1-2H3/t12-/m0/s1. The molecule has 1 aromatic carbocycles. The maximum atomic E-state index is 12.0. The maximum Gasteiger partial charge on any atom is 0.157 e.